The summed E-state index contributed by atoms with van der Waals surface area (Å²) in [6.45, 7) is 11.5. The van der Waals surface area contributed by atoms with Crippen molar-refractivity contribution >= 4 is 17.5 Å². The van der Waals surface area contributed by atoms with E-state index in [1.54, 1.807) is 0 Å². The number of piperidine rings is 1. The summed E-state index contributed by atoms with van der Waals surface area (Å²) in [6, 6.07) is 0. The number of carbonyl (C=O) groups excluding carboxylic acids is 1. The molecule has 166 valence electrons. The summed E-state index contributed by atoms with van der Waals surface area (Å²) in [5.41, 5.74) is 2.37. The van der Waals surface area contributed by atoms with E-state index in [0.717, 1.165) is 53.6 Å². The number of hydrogen-bond donors (Lipinski definition) is 1. The molecule has 6 aliphatic rings. The molecule has 2 heterocycles. The Labute approximate surface area is 187 Å². The molecular formula is C27H41NOS. The molecule has 2 saturated heterocycles. The van der Waals surface area contributed by atoms with Crippen molar-refractivity contribution in [1.82, 2.24) is 5.32 Å². The van der Waals surface area contributed by atoms with E-state index in [2.05, 4.69) is 50.8 Å². The average molecular weight is 428 g/mol. The summed E-state index contributed by atoms with van der Waals surface area (Å²) in [7, 11) is 0. The fourth-order valence-electron chi connectivity index (χ4n) is 9.76. The number of carbonyl (C=O) groups is 1. The van der Waals surface area contributed by atoms with Crippen LogP contribution in [0.5, 0.6) is 0 Å². The van der Waals surface area contributed by atoms with E-state index in [4.69, 9.17) is 0 Å². The van der Waals surface area contributed by atoms with E-state index < -0.39 is 0 Å². The van der Waals surface area contributed by atoms with Crippen molar-refractivity contribution in [3.8, 4) is 0 Å². The van der Waals surface area contributed by atoms with Crippen LogP contribution in [0.4, 0.5) is 0 Å². The lowest BCUT2D eigenvalue weighted by atomic mass is 9.46. The summed E-state index contributed by atoms with van der Waals surface area (Å²) >= 11 is 2.37. The van der Waals surface area contributed by atoms with Gasteiger partial charge in [0.05, 0.1) is 4.87 Å². The molecule has 0 radical (unpaired) electrons. The Kier molecular flexibility index (Phi) is 4.49. The first-order valence-electron chi connectivity index (χ1n) is 12.9. The molecule has 1 spiro atoms. The van der Waals surface area contributed by atoms with Crippen LogP contribution in [-0.4, -0.2) is 22.4 Å². The standard InChI is InChI=1S/C27H41NOS/c1-16-7-12-27(28-15-16)17(2)24-23(30-27)14-22-20-6-5-18-13-19(29)8-10-25(18,3)21(20)9-11-26(22,24)4/h13,16-17,20-24,28H,5-12,14-15H2,1-4H3/t16-,17+,20-,21+,22+,23+,24+,25+,26+,27+/m1/s1. The van der Waals surface area contributed by atoms with Crippen LogP contribution < -0.4 is 5.32 Å². The van der Waals surface area contributed by atoms with E-state index in [1.165, 1.54) is 57.1 Å². The molecule has 30 heavy (non-hydrogen) atoms. The maximum absolute atomic E-state index is 12.1. The summed E-state index contributed by atoms with van der Waals surface area (Å²) < 4.78 is 0. The predicted octanol–water partition coefficient (Wildman–Crippen LogP) is 6.21. The lowest BCUT2D eigenvalue weighted by Crippen LogP contribution is -2.55. The first-order valence-corrected chi connectivity index (χ1v) is 13.8. The zero-order chi connectivity index (χ0) is 20.9. The molecule has 0 aromatic rings. The number of allylic oxidation sites excluding steroid dienone is 1. The quantitative estimate of drug-likeness (QED) is 0.498. The highest BCUT2D eigenvalue weighted by molar-refractivity contribution is 8.01. The van der Waals surface area contributed by atoms with E-state index in [1.807, 2.05) is 0 Å². The van der Waals surface area contributed by atoms with Crippen molar-refractivity contribution in [2.24, 2.45) is 46.3 Å². The van der Waals surface area contributed by atoms with Crippen molar-refractivity contribution < 1.29 is 4.79 Å². The third-order valence-electron chi connectivity index (χ3n) is 11.4. The average Bonchev–Trinajstić information content (AvgIpc) is 3.16. The van der Waals surface area contributed by atoms with E-state index in [9.17, 15) is 4.79 Å². The van der Waals surface area contributed by atoms with Gasteiger partial charge in [0.15, 0.2) is 5.78 Å². The minimum atomic E-state index is 0.316. The molecular weight excluding hydrogens is 386 g/mol. The van der Waals surface area contributed by atoms with Crippen LogP contribution in [0.3, 0.4) is 0 Å². The maximum Gasteiger partial charge on any atom is 0.155 e. The monoisotopic (exact) mass is 427 g/mol. The van der Waals surface area contributed by atoms with Crippen LogP contribution >= 0.6 is 11.8 Å². The largest absolute Gasteiger partial charge is 0.302 e. The molecule has 0 amide bonds. The molecule has 2 aliphatic heterocycles. The highest BCUT2D eigenvalue weighted by atomic mass is 32.2. The minimum Gasteiger partial charge on any atom is -0.302 e. The fraction of sp³-hybridized carbons (Fsp3) is 0.889. The molecule has 5 fully saturated rings. The number of thioether (sulfide) groups is 1. The van der Waals surface area contributed by atoms with Gasteiger partial charge in [-0.3, -0.25) is 4.79 Å². The number of nitrogens with one attached hydrogen (secondary N) is 1. The second-order valence-corrected chi connectivity index (χ2v) is 14.2. The van der Waals surface area contributed by atoms with Gasteiger partial charge < -0.3 is 5.32 Å². The van der Waals surface area contributed by atoms with Gasteiger partial charge in [-0.2, -0.15) is 0 Å². The van der Waals surface area contributed by atoms with Gasteiger partial charge in [0, 0.05) is 11.7 Å². The van der Waals surface area contributed by atoms with Crippen molar-refractivity contribution in [2.45, 2.75) is 95.6 Å². The SMILES string of the molecule is C[C@@H]1CC[C@]2(NC1)S[C@H]1C[C@H]3[C@@H]4CCC5=CC(=O)CC[C@]5(C)[C@H]4CC[C@]3(C)[C@H]1[C@@H]2C. The Balaban J connectivity index is 1.28. The van der Waals surface area contributed by atoms with Crippen LogP contribution in [0.2, 0.25) is 0 Å². The molecule has 0 bridgehead atoms. The second kappa shape index (κ2) is 6.62. The molecule has 0 aromatic heterocycles. The zero-order valence-electron chi connectivity index (χ0n) is 19.5. The van der Waals surface area contributed by atoms with Crippen LogP contribution in [0.1, 0.15) is 85.5 Å². The Morgan fingerprint density at radius 1 is 1.03 bits per heavy atom. The molecule has 1 N–H and O–H groups in total. The molecule has 4 aliphatic carbocycles. The van der Waals surface area contributed by atoms with E-state index >= 15 is 0 Å². The van der Waals surface area contributed by atoms with Gasteiger partial charge in [-0.05, 0) is 110 Å². The molecule has 3 heteroatoms. The zero-order valence-corrected chi connectivity index (χ0v) is 20.3. The van der Waals surface area contributed by atoms with Gasteiger partial charge in [0.1, 0.15) is 0 Å². The van der Waals surface area contributed by atoms with Gasteiger partial charge in [0.25, 0.3) is 0 Å². The molecule has 3 saturated carbocycles. The lowest BCUT2D eigenvalue weighted by Gasteiger charge is -2.59. The van der Waals surface area contributed by atoms with Gasteiger partial charge in [0.2, 0.25) is 0 Å². The Bertz CT molecular complexity index is 782. The number of ketones is 1. The topological polar surface area (TPSA) is 29.1 Å². The Morgan fingerprint density at radius 2 is 1.87 bits per heavy atom. The lowest BCUT2D eigenvalue weighted by molar-refractivity contribution is -0.117. The van der Waals surface area contributed by atoms with Crippen molar-refractivity contribution in [1.29, 1.82) is 0 Å². The van der Waals surface area contributed by atoms with Crippen molar-refractivity contribution in [2.75, 3.05) is 6.54 Å². The number of rotatable bonds is 0. The summed E-state index contributed by atoms with van der Waals surface area (Å²) in [5.74, 6) is 5.56. The molecule has 2 nitrogen and oxygen atoms in total. The third kappa shape index (κ3) is 2.57. The highest BCUT2D eigenvalue weighted by Gasteiger charge is 2.67. The van der Waals surface area contributed by atoms with Crippen LogP contribution in [0, 0.1) is 46.3 Å². The number of hydrogen-bond acceptors (Lipinski definition) is 3. The fourth-order valence-corrected chi connectivity index (χ4v) is 12.1. The molecule has 0 aromatic carbocycles. The van der Waals surface area contributed by atoms with Crippen LogP contribution in [0.15, 0.2) is 11.6 Å². The molecule has 0 unspecified atom stereocenters. The molecule has 6 rings (SSSR count). The Morgan fingerprint density at radius 3 is 2.63 bits per heavy atom. The first-order chi connectivity index (χ1) is 14.3. The number of fused-ring (bicyclic) bond motifs is 7. The van der Waals surface area contributed by atoms with Crippen LogP contribution in [-0.2, 0) is 4.79 Å². The summed E-state index contributed by atoms with van der Waals surface area (Å²) in [5, 5.41) is 4.93. The predicted molar refractivity (Wildman–Crippen MR) is 125 cm³/mol. The van der Waals surface area contributed by atoms with Gasteiger partial charge >= 0.3 is 0 Å². The second-order valence-electron chi connectivity index (χ2n) is 12.6. The molecule has 10 atom stereocenters. The van der Waals surface area contributed by atoms with Crippen molar-refractivity contribution in [3.63, 3.8) is 0 Å². The summed E-state index contributed by atoms with van der Waals surface area (Å²) in [6.07, 6.45) is 13.6. The van der Waals surface area contributed by atoms with Gasteiger partial charge in [-0.1, -0.05) is 33.3 Å². The third-order valence-corrected chi connectivity index (χ3v) is 13.4. The Hall–Kier alpha value is -0.280. The van der Waals surface area contributed by atoms with Crippen molar-refractivity contribution in [3.05, 3.63) is 11.6 Å². The first kappa shape index (κ1) is 20.3. The minimum absolute atomic E-state index is 0.316. The van der Waals surface area contributed by atoms with Gasteiger partial charge in [-0.25, -0.2) is 0 Å². The maximum atomic E-state index is 12.1. The smallest absolute Gasteiger partial charge is 0.155 e. The normalized spacial score (nSPS) is 57.4. The highest BCUT2D eigenvalue weighted by Crippen LogP contribution is 2.73. The van der Waals surface area contributed by atoms with Gasteiger partial charge in [-0.15, -0.1) is 11.8 Å². The summed E-state index contributed by atoms with van der Waals surface area (Å²) in [4.78, 5) is 12.5. The van der Waals surface area contributed by atoms with E-state index in [-0.39, 0.29) is 0 Å². The van der Waals surface area contributed by atoms with E-state index in [0.29, 0.717) is 21.5 Å². The van der Waals surface area contributed by atoms with Crippen LogP contribution in [0.25, 0.3) is 0 Å².